The molecular weight excluding hydrogens is 268 g/mol. The fraction of sp³-hybridized carbons (Fsp3) is 0.235. The van der Waals surface area contributed by atoms with Crippen LogP contribution < -0.4 is 4.74 Å². The van der Waals surface area contributed by atoms with E-state index in [0.717, 1.165) is 11.1 Å². The van der Waals surface area contributed by atoms with Crippen molar-refractivity contribution in [2.24, 2.45) is 0 Å². The molecule has 0 bridgehead atoms. The van der Waals surface area contributed by atoms with E-state index in [1.165, 1.54) is 0 Å². The van der Waals surface area contributed by atoms with Crippen LogP contribution in [0.3, 0.4) is 0 Å². The van der Waals surface area contributed by atoms with Gasteiger partial charge in [-0.05, 0) is 30.2 Å². The van der Waals surface area contributed by atoms with Crippen LogP contribution in [0.1, 0.15) is 24.2 Å². The summed E-state index contributed by atoms with van der Waals surface area (Å²) < 4.78 is 10.1. The molecule has 0 saturated heterocycles. The normalized spacial score (nSPS) is 11.7. The molecule has 2 aromatic rings. The summed E-state index contributed by atoms with van der Waals surface area (Å²) >= 11 is 0. The van der Waals surface area contributed by atoms with Gasteiger partial charge in [-0.25, -0.2) is 4.79 Å². The Hall–Kier alpha value is -2.33. The minimum atomic E-state index is -0.676. The maximum absolute atomic E-state index is 11.2. The zero-order valence-electron chi connectivity index (χ0n) is 11.9. The zero-order valence-corrected chi connectivity index (χ0v) is 11.9. The van der Waals surface area contributed by atoms with E-state index in [1.54, 1.807) is 31.2 Å². The van der Waals surface area contributed by atoms with Gasteiger partial charge in [-0.15, -0.1) is 0 Å². The molecule has 0 aliphatic carbocycles. The Morgan fingerprint density at radius 1 is 1.05 bits per heavy atom. The second-order valence-corrected chi connectivity index (χ2v) is 4.48. The van der Waals surface area contributed by atoms with Crippen LogP contribution in [0.2, 0.25) is 0 Å². The Kier molecular flexibility index (Phi) is 5.35. The standard InChI is InChI=1S/C17H18O4/c1-2-20-16(18)12-21-15-10-8-14(9-11-15)17(19)13-6-4-3-5-7-13/h3-11,17,19H,2,12H2,1H3. The van der Waals surface area contributed by atoms with Crippen LogP contribution in [0.25, 0.3) is 0 Å². The van der Waals surface area contributed by atoms with Crippen molar-refractivity contribution in [1.29, 1.82) is 0 Å². The predicted molar refractivity (Wildman–Crippen MR) is 79.1 cm³/mol. The molecular formula is C17H18O4. The summed E-state index contributed by atoms with van der Waals surface area (Å²) in [5.41, 5.74) is 1.60. The molecule has 0 aromatic heterocycles. The lowest BCUT2D eigenvalue weighted by molar-refractivity contribution is -0.145. The molecule has 1 N–H and O–H groups in total. The fourth-order valence-corrected chi connectivity index (χ4v) is 1.92. The average Bonchev–Trinajstić information content (AvgIpc) is 2.54. The average molecular weight is 286 g/mol. The van der Waals surface area contributed by atoms with E-state index < -0.39 is 12.1 Å². The maximum atomic E-state index is 11.2. The largest absolute Gasteiger partial charge is 0.482 e. The van der Waals surface area contributed by atoms with Crippen LogP contribution in [0, 0.1) is 0 Å². The number of carbonyl (C=O) groups excluding carboxylic acids is 1. The lowest BCUT2D eigenvalue weighted by Gasteiger charge is -2.12. The van der Waals surface area contributed by atoms with Gasteiger partial charge in [0.05, 0.1) is 6.61 Å². The quantitative estimate of drug-likeness (QED) is 0.830. The minimum Gasteiger partial charge on any atom is -0.482 e. The van der Waals surface area contributed by atoms with Crippen molar-refractivity contribution in [2.45, 2.75) is 13.0 Å². The molecule has 1 unspecified atom stereocenters. The van der Waals surface area contributed by atoms with E-state index in [9.17, 15) is 9.90 Å². The Bertz CT molecular complexity index is 563. The van der Waals surface area contributed by atoms with Crippen LogP contribution >= 0.6 is 0 Å². The zero-order chi connectivity index (χ0) is 15.1. The van der Waals surface area contributed by atoms with Gasteiger partial charge in [-0.3, -0.25) is 0 Å². The van der Waals surface area contributed by atoms with E-state index in [4.69, 9.17) is 9.47 Å². The number of ether oxygens (including phenoxy) is 2. The number of aliphatic hydroxyl groups excluding tert-OH is 1. The maximum Gasteiger partial charge on any atom is 0.344 e. The second kappa shape index (κ2) is 7.45. The second-order valence-electron chi connectivity index (χ2n) is 4.48. The fourth-order valence-electron chi connectivity index (χ4n) is 1.92. The lowest BCUT2D eigenvalue weighted by atomic mass is 10.0. The molecule has 1 atom stereocenters. The van der Waals surface area contributed by atoms with Crippen LogP contribution in [0.4, 0.5) is 0 Å². The highest BCUT2D eigenvalue weighted by Crippen LogP contribution is 2.23. The van der Waals surface area contributed by atoms with E-state index in [1.807, 2.05) is 30.3 Å². The number of hydrogen-bond donors (Lipinski definition) is 1. The molecule has 0 saturated carbocycles. The van der Waals surface area contributed by atoms with Crippen LogP contribution in [-0.2, 0) is 9.53 Å². The third-order valence-electron chi connectivity index (χ3n) is 2.97. The number of carbonyl (C=O) groups is 1. The summed E-state index contributed by atoms with van der Waals surface area (Å²) in [5.74, 6) is 0.165. The lowest BCUT2D eigenvalue weighted by Crippen LogP contribution is -2.14. The number of benzene rings is 2. The first kappa shape index (κ1) is 15.1. The highest BCUT2D eigenvalue weighted by atomic mass is 16.6. The molecule has 4 nitrogen and oxygen atoms in total. The minimum absolute atomic E-state index is 0.117. The van der Waals surface area contributed by atoms with Crippen molar-refractivity contribution < 1.29 is 19.4 Å². The van der Waals surface area contributed by atoms with Crippen molar-refractivity contribution in [1.82, 2.24) is 0 Å². The first-order valence-electron chi connectivity index (χ1n) is 6.82. The Labute approximate surface area is 123 Å². The monoisotopic (exact) mass is 286 g/mol. The summed E-state index contributed by atoms with van der Waals surface area (Å²) in [6.07, 6.45) is -0.676. The van der Waals surface area contributed by atoms with Crippen molar-refractivity contribution in [2.75, 3.05) is 13.2 Å². The van der Waals surface area contributed by atoms with Crippen LogP contribution in [0.5, 0.6) is 5.75 Å². The molecule has 0 heterocycles. The van der Waals surface area contributed by atoms with Crippen molar-refractivity contribution >= 4 is 5.97 Å². The van der Waals surface area contributed by atoms with E-state index in [-0.39, 0.29) is 6.61 Å². The first-order chi connectivity index (χ1) is 10.2. The van der Waals surface area contributed by atoms with Gasteiger partial charge in [0.2, 0.25) is 0 Å². The van der Waals surface area contributed by atoms with Crippen LogP contribution in [0.15, 0.2) is 54.6 Å². The molecule has 2 rings (SSSR count). The van der Waals surface area contributed by atoms with Crippen molar-refractivity contribution in [3.8, 4) is 5.75 Å². The van der Waals surface area contributed by atoms with Gasteiger partial charge in [0.25, 0.3) is 0 Å². The summed E-state index contributed by atoms with van der Waals surface area (Å²) in [5, 5.41) is 10.3. The number of hydrogen-bond acceptors (Lipinski definition) is 4. The summed E-state index contributed by atoms with van der Waals surface area (Å²) in [4.78, 5) is 11.2. The van der Waals surface area contributed by atoms with Crippen LogP contribution in [-0.4, -0.2) is 24.3 Å². The van der Waals surface area contributed by atoms with Crippen molar-refractivity contribution in [3.05, 3.63) is 65.7 Å². The molecule has 0 aliphatic heterocycles. The molecule has 0 spiro atoms. The third-order valence-corrected chi connectivity index (χ3v) is 2.97. The summed E-state index contributed by atoms with van der Waals surface area (Å²) in [6.45, 7) is 1.97. The van der Waals surface area contributed by atoms with E-state index in [2.05, 4.69) is 0 Å². The van der Waals surface area contributed by atoms with Gasteiger partial charge in [0, 0.05) is 0 Å². The molecule has 0 fully saturated rings. The van der Waals surface area contributed by atoms with E-state index in [0.29, 0.717) is 12.4 Å². The Morgan fingerprint density at radius 2 is 1.67 bits per heavy atom. The molecule has 0 amide bonds. The van der Waals surface area contributed by atoms with Gasteiger partial charge < -0.3 is 14.6 Å². The molecule has 0 radical (unpaired) electrons. The first-order valence-corrected chi connectivity index (χ1v) is 6.82. The Morgan fingerprint density at radius 3 is 2.29 bits per heavy atom. The highest BCUT2D eigenvalue weighted by molar-refractivity contribution is 5.71. The number of rotatable bonds is 6. The van der Waals surface area contributed by atoms with Gasteiger partial charge in [-0.1, -0.05) is 42.5 Å². The molecule has 4 heteroatoms. The number of aliphatic hydroxyl groups is 1. The molecule has 110 valence electrons. The highest BCUT2D eigenvalue weighted by Gasteiger charge is 2.10. The van der Waals surface area contributed by atoms with Gasteiger partial charge in [0.1, 0.15) is 11.9 Å². The number of esters is 1. The smallest absolute Gasteiger partial charge is 0.344 e. The van der Waals surface area contributed by atoms with Gasteiger partial charge in [-0.2, -0.15) is 0 Å². The van der Waals surface area contributed by atoms with Crippen molar-refractivity contribution in [3.63, 3.8) is 0 Å². The molecule has 2 aromatic carbocycles. The summed E-state index contributed by atoms with van der Waals surface area (Å²) in [6, 6.07) is 16.4. The SMILES string of the molecule is CCOC(=O)COc1ccc(C(O)c2ccccc2)cc1. The predicted octanol–water partition coefficient (Wildman–Crippen LogP) is 2.71. The van der Waals surface area contributed by atoms with Gasteiger partial charge >= 0.3 is 5.97 Å². The molecule has 21 heavy (non-hydrogen) atoms. The Balaban J connectivity index is 1.97. The third kappa shape index (κ3) is 4.33. The van der Waals surface area contributed by atoms with Gasteiger partial charge in [0.15, 0.2) is 6.61 Å². The molecule has 0 aliphatic rings. The topological polar surface area (TPSA) is 55.8 Å². The van der Waals surface area contributed by atoms with E-state index >= 15 is 0 Å². The summed E-state index contributed by atoms with van der Waals surface area (Å²) in [7, 11) is 0.